The predicted molar refractivity (Wildman–Crippen MR) is 73.8 cm³/mol. The summed E-state index contributed by atoms with van der Waals surface area (Å²) in [6.45, 7) is 2.60. The van der Waals surface area contributed by atoms with Crippen molar-refractivity contribution >= 4 is 26.0 Å². The van der Waals surface area contributed by atoms with Gasteiger partial charge in [0.2, 0.25) is 10.0 Å². The molecule has 18 heavy (non-hydrogen) atoms. The first kappa shape index (κ1) is 15.6. The predicted octanol–water partition coefficient (Wildman–Crippen LogP) is 1.14. The number of benzene rings is 1. The van der Waals surface area contributed by atoms with Crippen molar-refractivity contribution in [2.45, 2.75) is 18.4 Å². The lowest BCUT2D eigenvalue weighted by Gasteiger charge is -2.12. The van der Waals surface area contributed by atoms with Gasteiger partial charge in [-0.3, -0.25) is 0 Å². The average molecular weight is 337 g/mol. The van der Waals surface area contributed by atoms with Crippen molar-refractivity contribution in [3.8, 4) is 0 Å². The summed E-state index contributed by atoms with van der Waals surface area (Å²) in [5.41, 5.74) is 6.97. The molecule has 0 radical (unpaired) electrons. The molecule has 0 aliphatic carbocycles. The molecule has 0 aliphatic rings. The maximum Gasteiger partial charge on any atom is 0.240 e. The van der Waals surface area contributed by atoms with Crippen LogP contribution in [0.3, 0.4) is 0 Å². The smallest absolute Gasteiger partial charge is 0.240 e. The summed E-state index contributed by atoms with van der Waals surface area (Å²) in [6, 6.07) is 3.42. The summed E-state index contributed by atoms with van der Waals surface area (Å²) in [5, 5.41) is 0. The molecule has 0 fully saturated rings. The van der Waals surface area contributed by atoms with Crippen molar-refractivity contribution in [1.82, 2.24) is 4.72 Å². The average Bonchev–Trinajstić information content (AvgIpc) is 2.32. The molecule has 102 valence electrons. The first-order valence-corrected chi connectivity index (χ1v) is 7.67. The van der Waals surface area contributed by atoms with Crippen molar-refractivity contribution in [3.63, 3.8) is 0 Å². The van der Waals surface area contributed by atoms with Gasteiger partial charge in [-0.05, 0) is 30.2 Å². The molecule has 0 aliphatic heterocycles. The highest BCUT2D eigenvalue weighted by Gasteiger charge is 2.18. The van der Waals surface area contributed by atoms with E-state index in [2.05, 4.69) is 20.7 Å². The second-order valence-corrected chi connectivity index (χ2v) is 6.39. The number of hydrogen-bond acceptors (Lipinski definition) is 4. The van der Waals surface area contributed by atoms with E-state index in [4.69, 9.17) is 10.5 Å². The molecule has 1 rings (SSSR count). The van der Waals surface area contributed by atoms with Crippen LogP contribution in [0.2, 0.25) is 0 Å². The van der Waals surface area contributed by atoms with Crippen LogP contribution < -0.4 is 10.5 Å². The normalized spacial score (nSPS) is 11.8. The van der Waals surface area contributed by atoms with Gasteiger partial charge in [0.15, 0.2) is 0 Å². The minimum atomic E-state index is -3.53. The van der Waals surface area contributed by atoms with Gasteiger partial charge in [-0.15, -0.1) is 0 Å². The molecular weight excluding hydrogens is 320 g/mol. The Balaban J connectivity index is 3.11. The quantitative estimate of drug-likeness (QED) is 0.763. The lowest BCUT2D eigenvalue weighted by Crippen LogP contribution is -2.28. The zero-order valence-corrected chi connectivity index (χ0v) is 12.8. The topological polar surface area (TPSA) is 81.4 Å². The highest BCUT2D eigenvalue weighted by Crippen LogP contribution is 2.25. The largest absolute Gasteiger partial charge is 0.383 e. The van der Waals surface area contributed by atoms with Gasteiger partial charge in [0.25, 0.3) is 0 Å². The van der Waals surface area contributed by atoms with Gasteiger partial charge in [-0.2, -0.15) is 0 Å². The summed E-state index contributed by atoms with van der Waals surface area (Å²) in [6.07, 6.45) is 0. The van der Waals surface area contributed by atoms with Crippen LogP contribution >= 0.6 is 15.9 Å². The van der Waals surface area contributed by atoms with Crippen molar-refractivity contribution in [1.29, 1.82) is 0 Å². The van der Waals surface area contributed by atoms with Crippen LogP contribution in [0, 0.1) is 6.92 Å². The molecule has 0 unspecified atom stereocenters. The van der Waals surface area contributed by atoms with E-state index in [1.807, 2.05) is 6.07 Å². The van der Waals surface area contributed by atoms with Crippen LogP contribution in [0.25, 0.3) is 0 Å². The molecule has 0 bridgehead atoms. The summed E-state index contributed by atoms with van der Waals surface area (Å²) in [4.78, 5) is 0.244. The molecule has 5 nitrogen and oxygen atoms in total. The molecule has 7 heteroatoms. The van der Waals surface area contributed by atoms with E-state index in [1.54, 1.807) is 13.0 Å². The maximum absolute atomic E-state index is 12.1. The number of rotatable bonds is 6. The first-order valence-electron chi connectivity index (χ1n) is 5.40. The van der Waals surface area contributed by atoms with Gasteiger partial charge in [-0.25, -0.2) is 13.1 Å². The van der Waals surface area contributed by atoms with Gasteiger partial charge in [0.05, 0.1) is 11.5 Å². The molecule has 3 N–H and O–H groups in total. The van der Waals surface area contributed by atoms with Gasteiger partial charge in [0.1, 0.15) is 0 Å². The number of sulfonamides is 1. The molecule has 0 aromatic heterocycles. The fourth-order valence-corrected chi connectivity index (χ4v) is 3.43. The van der Waals surface area contributed by atoms with E-state index < -0.39 is 10.0 Å². The van der Waals surface area contributed by atoms with Crippen LogP contribution in [0.15, 0.2) is 21.5 Å². The summed E-state index contributed by atoms with van der Waals surface area (Å²) < 4.78 is 32.3. The van der Waals surface area contributed by atoms with Gasteiger partial charge < -0.3 is 10.5 Å². The number of halogens is 1. The van der Waals surface area contributed by atoms with E-state index in [9.17, 15) is 8.42 Å². The lowest BCUT2D eigenvalue weighted by atomic mass is 10.1. The number of hydrogen-bond donors (Lipinski definition) is 2. The third-order valence-electron chi connectivity index (χ3n) is 2.48. The second kappa shape index (κ2) is 6.63. The lowest BCUT2D eigenvalue weighted by molar-refractivity contribution is 0.204. The van der Waals surface area contributed by atoms with Crippen LogP contribution in [0.5, 0.6) is 0 Å². The van der Waals surface area contributed by atoms with E-state index in [-0.39, 0.29) is 11.4 Å². The summed E-state index contributed by atoms with van der Waals surface area (Å²) in [7, 11) is -2.01. The van der Waals surface area contributed by atoms with Crippen molar-refractivity contribution in [2.75, 3.05) is 20.3 Å². The Morgan fingerprint density at radius 1 is 1.44 bits per heavy atom. The molecular formula is C11H17BrN2O3S. The minimum absolute atomic E-state index is 0.239. The van der Waals surface area contributed by atoms with Crippen LogP contribution in [0.1, 0.15) is 11.1 Å². The number of methoxy groups -OCH3 is 1. The van der Waals surface area contributed by atoms with Gasteiger partial charge in [-0.1, -0.05) is 15.9 Å². The number of nitrogens with two attached hydrogens (primary N) is 1. The zero-order chi connectivity index (χ0) is 13.8. The first-order chi connectivity index (χ1) is 8.42. The standard InChI is InChI=1S/C11H17BrN2O3S/c1-8-10(12)5-9(7-13)6-11(8)18(15,16)14-3-4-17-2/h5-6,14H,3-4,7,13H2,1-2H3. The minimum Gasteiger partial charge on any atom is -0.383 e. The molecule has 0 heterocycles. The van der Waals surface area contributed by atoms with Crippen LogP contribution in [-0.2, 0) is 21.3 Å². The van der Waals surface area contributed by atoms with Gasteiger partial charge in [0, 0.05) is 24.7 Å². The SMILES string of the molecule is COCCNS(=O)(=O)c1cc(CN)cc(Br)c1C. The van der Waals surface area contributed by atoms with Gasteiger partial charge >= 0.3 is 0 Å². The number of nitrogens with one attached hydrogen (secondary N) is 1. The molecule has 0 saturated carbocycles. The Bertz CT molecular complexity index is 517. The van der Waals surface area contributed by atoms with E-state index in [0.717, 1.165) is 10.0 Å². The Kier molecular flexibility index (Phi) is 5.74. The highest BCUT2D eigenvalue weighted by atomic mass is 79.9. The third kappa shape index (κ3) is 3.76. The van der Waals surface area contributed by atoms with Crippen LogP contribution in [-0.4, -0.2) is 28.7 Å². The second-order valence-electron chi connectivity index (χ2n) is 3.80. The zero-order valence-electron chi connectivity index (χ0n) is 10.4. The van der Waals surface area contributed by atoms with E-state index in [1.165, 1.54) is 7.11 Å². The van der Waals surface area contributed by atoms with Crippen LogP contribution in [0.4, 0.5) is 0 Å². The van der Waals surface area contributed by atoms with Crippen molar-refractivity contribution < 1.29 is 13.2 Å². The maximum atomic E-state index is 12.1. The van der Waals surface area contributed by atoms with E-state index >= 15 is 0 Å². The Morgan fingerprint density at radius 3 is 2.67 bits per heavy atom. The molecule has 0 atom stereocenters. The number of ether oxygens (including phenoxy) is 1. The Labute approximate surface area is 116 Å². The fraction of sp³-hybridized carbons (Fsp3) is 0.455. The molecule has 1 aromatic carbocycles. The molecule has 0 saturated heterocycles. The molecule has 0 amide bonds. The van der Waals surface area contributed by atoms with Crippen molar-refractivity contribution in [3.05, 3.63) is 27.7 Å². The summed E-state index contributed by atoms with van der Waals surface area (Å²) in [5.74, 6) is 0. The third-order valence-corrected chi connectivity index (χ3v) is 4.89. The summed E-state index contributed by atoms with van der Waals surface area (Å²) >= 11 is 3.34. The highest BCUT2D eigenvalue weighted by molar-refractivity contribution is 9.10. The monoisotopic (exact) mass is 336 g/mol. The molecule has 0 spiro atoms. The fourth-order valence-electron chi connectivity index (χ4n) is 1.46. The molecule has 1 aromatic rings. The Hall–Kier alpha value is -0.470. The van der Waals surface area contributed by atoms with Crippen molar-refractivity contribution in [2.24, 2.45) is 5.73 Å². The van der Waals surface area contributed by atoms with E-state index in [0.29, 0.717) is 18.7 Å². The Morgan fingerprint density at radius 2 is 2.11 bits per heavy atom.